The molecule has 1 rings (SSSR count). The third-order valence-electron chi connectivity index (χ3n) is 2.93. The second-order valence-electron chi connectivity index (χ2n) is 6.04. The fraction of sp³-hybridized carbons (Fsp3) is 0.714. The van der Waals surface area contributed by atoms with Crippen molar-refractivity contribution >= 4 is 6.09 Å². The summed E-state index contributed by atoms with van der Waals surface area (Å²) in [4.78, 5) is 11.5. The van der Waals surface area contributed by atoms with Gasteiger partial charge in [0.2, 0.25) is 0 Å². The van der Waals surface area contributed by atoms with Crippen molar-refractivity contribution in [2.45, 2.75) is 52.8 Å². The summed E-state index contributed by atoms with van der Waals surface area (Å²) >= 11 is 0. The Hall–Kier alpha value is -1.56. The van der Waals surface area contributed by atoms with Crippen LogP contribution in [0.5, 0.6) is 0 Å². The highest BCUT2D eigenvalue weighted by Crippen LogP contribution is 2.07. The van der Waals surface area contributed by atoms with Crippen LogP contribution >= 0.6 is 0 Å². The highest BCUT2D eigenvalue weighted by molar-refractivity contribution is 5.67. The molecule has 0 spiro atoms. The van der Waals surface area contributed by atoms with E-state index in [1.54, 1.807) is 0 Å². The van der Waals surface area contributed by atoms with Gasteiger partial charge in [0, 0.05) is 37.4 Å². The summed E-state index contributed by atoms with van der Waals surface area (Å²) in [5.74, 6) is 0. The van der Waals surface area contributed by atoms with Gasteiger partial charge in [-0.1, -0.05) is 0 Å². The molecule has 0 bridgehead atoms. The molecule has 0 fully saturated rings. The van der Waals surface area contributed by atoms with Gasteiger partial charge in [-0.2, -0.15) is 5.10 Å². The summed E-state index contributed by atoms with van der Waals surface area (Å²) in [5, 5.41) is 10.3. The lowest BCUT2D eigenvalue weighted by atomic mass is 10.2. The average Bonchev–Trinajstić information content (AvgIpc) is 2.63. The number of carbonyl (C=O) groups excluding carboxylic acids is 1. The number of hydrogen-bond donors (Lipinski definition) is 2. The minimum atomic E-state index is -0.465. The number of ether oxygens (including phenoxy) is 1. The quantitative estimate of drug-likeness (QED) is 0.863. The first-order valence-electron chi connectivity index (χ1n) is 6.87. The summed E-state index contributed by atoms with van der Waals surface area (Å²) in [6.07, 6.45) is 1.47. The molecule has 0 aliphatic carbocycles. The summed E-state index contributed by atoms with van der Waals surface area (Å²) in [6.45, 7) is 10.8. The molecule has 6 nitrogen and oxygen atoms in total. The number of nitrogens with one attached hydrogen (secondary N) is 2. The fourth-order valence-electron chi connectivity index (χ4n) is 1.62. The minimum absolute atomic E-state index is 0.155. The SMILES string of the molecule is Cc1c(CNC(C)CNC(=O)OC(C)(C)C)cnn1C. The molecule has 2 N–H and O–H groups in total. The highest BCUT2D eigenvalue weighted by atomic mass is 16.6. The third-order valence-corrected chi connectivity index (χ3v) is 2.93. The summed E-state index contributed by atoms with van der Waals surface area (Å²) in [5.41, 5.74) is 1.84. The molecule has 0 aliphatic rings. The molecule has 0 aromatic carbocycles. The Labute approximate surface area is 120 Å². The largest absolute Gasteiger partial charge is 0.444 e. The van der Waals surface area contributed by atoms with E-state index in [-0.39, 0.29) is 12.1 Å². The van der Waals surface area contributed by atoms with E-state index in [2.05, 4.69) is 15.7 Å². The van der Waals surface area contributed by atoms with E-state index in [1.165, 1.54) is 0 Å². The van der Waals surface area contributed by atoms with E-state index in [0.717, 1.165) is 17.8 Å². The van der Waals surface area contributed by atoms with Crippen LogP contribution in [-0.2, 0) is 18.3 Å². The molecule has 1 aromatic rings. The Morgan fingerprint density at radius 2 is 2.15 bits per heavy atom. The van der Waals surface area contributed by atoms with E-state index in [9.17, 15) is 4.79 Å². The summed E-state index contributed by atoms with van der Waals surface area (Å²) in [6, 6.07) is 0.155. The monoisotopic (exact) mass is 282 g/mol. The molecule has 0 saturated carbocycles. The van der Waals surface area contributed by atoms with E-state index in [0.29, 0.717) is 6.54 Å². The normalized spacial score (nSPS) is 13.1. The third kappa shape index (κ3) is 5.61. The van der Waals surface area contributed by atoms with Gasteiger partial charge < -0.3 is 15.4 Å². The van der Waals surface area contributed by atoms with Crippen LogP contribution in [0.3, 0.4) is 0 Å². The molecule has 0 aliphatic heterocycles. The molecule has 1 amide bonds. The minimum Gasteiger partial charge on any atom is -0.444 e. The van der Waals surface area contributed by atoms with Gasteiger partial charge in [0.25, 0.3) is 0 Å². The molecule has 114 valence electrons. The summed E-state index contributed by atoms with van der Waals surface area (Å²) in [7, 11) is 1.92. The molecule has 1 atom stereocenters. The second-order valence-corrected chi connectivity index (χ2v) is 6.04. The van der Waals surface area contributed by atoms with E-state index < -0.39 is 5.60 Å². The summed E-state index contributed by atoms with van der Waals surface area (Å²) < 4.78 is 7.03. The lowest BCUT2D eigenvalue weighted by Gasteiger charge is -2.21. The van der Waals surface area contributed by atoms with Gasteiger partial charge in [0.1, 0.15) is 5.60 Å². The van der Waals surface area contributed by atoms with Crippen molar-refractivity contribution in [2.24, 2.45) is 7.05 Å². The zero-order valence-electron chi connectivity index (χ0n) is 13.3. The van der Waals surface area contributed by atoms with Crippen LogP contribution in [0.2, 0.25) is 0 Å². The van der Waals surface area contributed by atoms with Crippen LogP contribution < -0.4 is 10.6 Å². The molecule has 0 radical (unpaired) electrons. The van der Waals surface area contributed by atoms with Gasteiger partial charge >= 0.3 is 6.09 Å². The Kier molecular flexibility index (Phi) is 5.56. The smallest absolute Gasteiger partial charge is 0.407 e. The van der Waals surface area contributed by atoms with Gasteiger partial charge in [-0.25, -0.2) is 4.79 Å². The van der Waals surface area contributed by atoms with E-state index in [4.69, 9.17) is 4.74 Å². The number of carbonyl (C=O) groups is 1. The molecule has 1 unspecified atom stereocenters. The Morgan fingerprint density at radius 3 is 2.65 bits per heavy atom. The number of aromatic nitrogens is 2. The standard InChI is InChI=1S/C14H26N4O2/c1-10(7-16-13(19)20-14(3,4)5)15-8-12-9-17-18(6)11(12)2/h9-10,15H,7-8H2,1-6H3,(H,16,19). The maximum atomic E-state index is 11.5. The number of alkyl carbamates (subject to hydrolysis) is 1. The van der Waals surface area contributed by atoms with E-state index in [1.807, 2.05) is 52.5 Å². The lowest BCUT2D eigenvalue weighted by molar-refractivity contribution is 0.0523. The average molecular weight is 282 g/mol. The van der Waals surface area contributed by atoms with E-state index >= 15 is 0 Å². The van der Waals surface area contributed by atoms with Crippen molar-refractivity contribution in [3.8, 4) is 0 Å². The Balaban J connectivity index is 2.29. The second kappa shape index (κ2) is 6.74. The number of rotatable bonds is 5. The van der Waals surface area contributed by atoms with Crippen LogP contribution in [0.25, 0.3) is 0 Å². The van der Waals surface area contributed by atoms with Crippen molar-refractivity contribution in [1.29, 1.82) is 0 Å². The maximum absolute atomic E-state index is 11.5. The van der Waals surface area contributed by atoms with Crippen LogP contribution in [0, 0.1) is 6.92 Å². The van der Waals surface area contributed by atoms with Crippen molar-refractivity contribution in [3.63, 3.8) is 0 Å². The van der Waals surface area contributed by atoms with Crippen LogP contribution in [-0.4, -0.2) is 34.1 Å². The van der Waals surface area contributed by atoms with Gasteiger partial charge in [-0.05, 0) is 34.6 Å². The lowest BCUT2D eigenvalue weighted by Crippen LogP contribution is -2.41. The van der Waals surface area contributed by atoms with Crippen LogP contribution in [0.1, 0.15) is 39.0 Å². The van der Waals surface area contributed by atoms with Crippen molar-refractivity contribution in [1.82, 2.24) is 20.4 Å². The van der Waals surface area contributed by atoms with Gasteiger partial charge in [0.05, 0.1) is 6.20 Å². The zero-order chi connectivity index (χ0) is 15.3. The van der Waals surface area contributed by atoms with Gasteiger partial charge in [0.15, 0.2) is 0 Å². The van der Waals surface area contributed by atoms with Crippen LogP contribution in [0.15, 0.2) is 6.20 Å². The molecular formula is C14H26N4O2. The van der Waals surface area contributed by atoms with Crippen LogP contribution in [0.4, 0.5) is 4.79 Å². The molecular weight excluding hydrogens is 256 g/mol. The van der Waals surface area contributed by atoms with Crippen molar-refractivity contribution in [3.05, 3.63) is 17.5 Å². The predicted octanol–water partition coefficient (Wildman–Crippen LogP) is 1.73. The van der Waals surface area contributed by atoms with Gasteiger partial charge in [-0.15, -0.1) is 0 Å². The topological polar surface area (TPSA) is 68.2 Å². The van der Waals surface area contributed by atoms with Crippen molar-refractivity contribution < 1.29 is 9.53 Å². The highest BCUT2D eigenvalue weighted by Gasteiger charge is 2.16. The molecule has 6 heteroatoms. The van der Waals surface area contributed by atoms with Crippen molar-refractivity contribution in [2.75, 3.05) is 6.54 Å². The van der Waals surface area contributed by atoms with Gasteiger partial charge in [-0.3, -0.25) is 4.68 Å². The predicted molar refractivity (Wildman–Crippen MR) is 78.5 cm³/mol. The molecule has 20 heavy (non-hydrogen) atoms. The zero-order valence-corrected chi connectivity index (χ0v) is 13.3. The maximum Gasteiger partial charge on any atom is 0.407 e. The first-order chi connectivity index (χ1) is 9.19. The molecule has 1 aromatic heterocycles. The number of nitrogens with zero attached hydrogens (tertiary/aromatic N) is 2. The Morgan fingerprint density at radius 1 is 1.50 bits per heavy atom. The molecule has 0 saturated heterocycles. The number of hydrogen-bond acceptors (Lipinski definition) is 4. The Bertz CT molecular complexity index is 449. The number of aryl methyl sites for hydroxylation is 1. The first kappa shape index (κ1) is 16.5. The first-order valence-corrected chi connectivity index (χ1v) is 6.87. The molecule has 1 heterocycles. The number of amides is 1. The fourth-order valence-corrected chi connectivity index (χ4v) is 1.62.